The number of anilines is 2. The van der Waals surface area contributed by atoms with Gasteiger partial charge in [-0.2, -0.15) is 0 Å². The molecule has 0 spiro atoms. The number of carboxylic acid groups (broad SMARTS) is 1. The van der Waals surface area contributed by atoms with E-state index in [9.17, 15) is 14.7 Å². The molecule has 10 nitrogen and oxygen atoms in total. The lowest BCUT2D eigenvalue weighted by atomic mass is 9.92. The van der Waals surface area contributed by atoms with Crippen molar-refractivity contribution in [3.8, 4) is 0 Å². The molecule has 2 unspecified atom stereocenters. The Hall–Kier alpha value is -3.44. The van der Waals surface area contributed by atoms with Crippen LogP contribution in [0.1, 0.15) is 63.2 Å². The first kappa shape index (κ1) is 29.1. The number of amides is 2. The zero-order chi connectivity index (χ0) is 29.7. The summed E-state index contributed by atoms with van der Waals surface area (Å²) in [5.41, 5.74) is 1.99. The molecule has 220 valence electrons. The van der Waals surface area contributed by atoms with Gasteiger partial charge in [0.15, 0.2) is 8.32 Å². The summed E-state index contributed by atoms with van der Waals surface area (Å²) in [5.74, 6) is 1.62. The number of aromatic nitrogens is 2. The number of carbonyl (C=O) groups excluding carboxylic acids is 1. The van der Waals surface area contributed by atoms with Crippen molar-refractivity contribution in [2.45, 2.75) is 77.2 Å². The Balaban J connectivity index is 1.36. The Morgan fingerprint density at radius 3 is 2.54 bits per heavy atom. The molecule has 1 aliphatic carbocycles. The Labute approximate surface area is 242 Å². The highest BCUT2D eigenvalue weighted by Crippen LogP contribution is 2.48. The van der Waals surface area contributed by atoms with E-state index in [2.05, 4.69) is 73.2 Å². The minimum Gasteiger partial charge on any atom is -0.465 e. The molecule has 41 heavy (non-hydrogen) atoms. The van der Waals surface area contributed by atoms with E-state index < -0.39 is 20.5 Å². The minimum atomic E-state index is -2.16. The molecule has 1 saturated heterocycles. The highest BCUT2D eigenvalue weighted by Gasteiger charge is 2.45. The van der Waals surface area contributed by atoms with Gasteiger partial charge in [-0.1, -0.05) is 34.6 Å². The number of nitrogens with zero attached hydrogens (tertiary/aromatic N) is 3. The van der Waals surface area contributed by atoms with E-state index in [4.69, 9.17) is 8.84 Å². The van der Waals surface area contributed by atoms with Gasteiger partial charge < -0.3 is 29.5 Å². The Morgan fingerprint density at radius 1 is 1.15 bits per heavy atom. The maximum Gasteiger partial charge on any atom is 0.405 e. The molecule has 0 aromatic carbocycles. The smallest absolute Gasteiger partial charge is 0.405 e. The Morgan fingerprint density at radius 2 is 1.88 bits per heavy atom. The molecule has 0 bridgehead atoms. The molecule has 5 atom stereocenters. The third-order valence-electron chi connectivity index (χ3n) is 8.93. The monoisotopic (exact) mass is 579 g/mol. The molecule has 4 heterocycles. The van der Waals surface area contributed by atoms with Crippen molar-refractivity contribution < 1.29 is 23.5 Å². The number of pyridine rings is 2. The standard InChI is InChI=1S/C30H41N5O5Si/c1-17-12-20(17)25-13-19-8-9-21(33-28(19)39-25)27(36)32-22-14-31-11-10-24(22)35-15-18(2)26(23(16-35)34-29(37)38)40-41(6,7)30(3,4)5/h8-11,13-14,17-18,20,23,26,34H,12,15-16H2,1-7H3,(H,32,36)(H,37,38)/t17?,18-,20?,23+,26+/m0/s1. The zero-order valence-electron chi connectivity index (χ0n) is 24.9. The van der Waals surface area contributed by atoms with Crippen molar-refractivity contribution in [3.63, 3.8) is 0 Å². The molecular formula is C30H41N5O5Si. The van der Waals surface area contributed by atoms with Gasteiger partial charge in [-0.15, -0.1) is 0 Å². The average molecular weight is 580 g/mol. The summed E-state index contributed by atoms with van der Waals surface area (Å²) < 4.78 is 12.7. The average Bonchev–Trinajstić information content (AvgIpc) is 3.46. The molecule has 2 fully saturated rings. The second-order valence-corrected chi connectivity index (χ2v) is 17.9. The molecule has 3 aromatic heterocycles. The van der Waals surface area contributed by atoms with E-state index in [0.717, 1.165) is 23.3 Å². The van der Waals surface area contributed by atoms with Crippen LogP contribution < -0.4 is 15.5 Å². The maximum absolute atomic E-state index is 13.3. The molecule has 2 amide bonds. The molecule has 3 aromatic rings. The molecular weight excluding hydrogens is 538 g/mol. The molecule has 0 radical (unpaired) electrons. The first-order chi connectivity index (χ1) is 19.2. The van der Waals surface area contributed by atoms with E-state index in [1.807, 2.05) is 18.2 Å². The molecule has 1 aliphatic heterocycles. The number of hydrogen-bond acceptors (Lipinski definition) is 7. The summed E-state index contributed by atoms with van der Waals surface area (Å²) in [6.45, 7) is 16.2. The normalized spacial score (nSPS) is 24.8. The first-order valence-electron chi connectivity index (χ1n) is 14.3. The summed E-state index contributed by atoms with van der Waals surface area (Å²) in [6, 6.07) is 6.95. The Bertz CT molecular complexity index is 1450. The topological polar surface area (TPSA) is 130 Å². The number of piperidine rings is 1. The van der Waals surface area contributed by atoms with E-state index in [0.29, 0.717) is 36.3 Å². The third kappa shape index (κ3) is 6.11. The van der Waals surface area contributed by atoms with E-state index in [1.165, 1.54) is 0 Å². The van der Waals surface area contributed by atoms with Crippen molar-refractivity contribution >= 4 is 42.8 Å². The number of carbonyl (C=O) groups is 2. The van der Waals surface area contributed by atoms with Crippen LogP contribution in [0.4, 0.5) is 16.2 Å². The van der Waals surface area contributed by atoms with Gasteiger partial charge in [-0.25, -0.2) is 9.78 Å². The van der Waals surface area contributed by atoms with Crippen LogP contribution in [0, 0.1) is 11.8 Å². The summed E-state index contributed by atoms with van der Waals surface area (Å²) in [7, 11) is -2.16. The van der Waals surface area contributed by atoms with Crippen molar-refractivity contribution in [2.24, 2.45) is 11.8 Å². The summed E-state index contributed by atoms with van der Waals surface area (Å²) in [5, 5.41) is 16.2. The van der Waals surface area contributed by atoms with Crippen LogP contribution in [0.25, 0.3) is 11.1 Å². The highest BCUT2D eigenvalue weighted by molar-refractivity contribution is 6.74. The van der Waals surface area contributed by atoms with Crippen LogP contribution >= 0.6 is 0 Å². The van der Waals surface area contributed by atoms with Crippen molar-refractivity contribution in [1.82, 2.24) is 15.3 Å². The van der Waals surface area contributed by atoms with Gasteiger partial charge >= 0.3 is 6.09 Å². The van der Waals surface area contributed by atoms with Crippen molar-refractivity contribution in [3.05, 3.63) is 48.1 Å². The molecule has 2 aliphatic rings. The van der Waals surface area contributed by atoms with Crippen molar-refractivity contribution in [2.75, 3.05) is 23.3 Å². The van der Waals surface area contributed by atoms with Gasteiger partial charge in [-0.05, 0) is 54.7 Å². The second kappa shape index (κ2) is 10.8. The van der Waals surface area contributed by atoms with Crippen molar-refractivity contribution in [1.29, 1.82) is 0 Å². The largest absolute Gasteiger partial charge is 0.465 e. The fourth-order valence-electron chi connectivity index (χ4n) is 5.37. The van der Waals surface area contributed by atoms with Crippen LogP contribution in [-0.2, 0) is 4.43 Å². The number of fused-ring (bicyclic) bond motifs is 1. The Kier molecular flexibility index (Phi) is 7.62. The van der Waals surface area contributed by atoms with Gasteiger partial charge in [0.25, 0.3) is 5.91 Å². The SMILES string of the molecule is CC1CC1c1cc2ccc(C(=O)Nc3cnccc3N3C[C@H](C)[C@@H](O[Si](C)(C)C(C)(C)C)[C@H](NC(=O)O)C3)nc2o1. The molecule has 1 saturated carbocycles. The minimum absolute atomic E-state index is 0.00916. The number of furan rings is 1. The van der Waals surface area contributed by atoms with E-state index in [-0.39, 0.29) is 28.7 Å². The van der Waals surface area contributed by atoms with Crippen LogP contribution in [0.5, 0.6) is 0 Å². The molecule has 11 heteroatoms. The fraction of sp³-hybridized carbons (Fsp3) is 0.533. The predicted molar refractivity (Wildman–Crippen MR) is 161 cm³/mol. The van der Waals surface area contributed by atoms with Crippen LogP contribution in [0.15, 0.2) is 41.1 Å². The lowest BCUT2D eigenvalue weighted by molar-refractivity contribution is 0.0722. The van der Waals surface area contributed by atoms with Crippen LogP contribution in [0.3, 0.4) is 0 Å². The quantitative estimate of drug-likeness (QED) is 0.287. The van der Waals surface area contributed by atoms with Gasteiger partial charge in [0.1, 0.15) is 11.5 Å². The zero-order valence-corrected chi connectivity index (χ0v) is 25.9. The molecule has 3 N–H and O–H groups in total. The lowest BCUT2D eigenvalue weighted by Crippen LogP contribution is -2.62. The van der Waals surface area contributed by atoms with Gasteiger partial charge in [0.2, 0.25) is 5.71 Å². The first-order valence-corrected chi connectivity index (χ1v) is 17.2. The third-order valence-corrected chi connectivity index (χ3v) is 13.4. The predicted octanol–water partition coefficient (Wildman–Crippen LogP) is 6.08. The van der Waals surface area contributed by atoms with Crippen LogP contribution in [0.2, 0.25) is 18.1 Å². The van der Waals surface area contributed by atoms with Gasteiger partial charge in [-0.3, -0.25) is 9.78 Å². The molecule has 5 rings (SSSR count). The van der Waals surface area contributed by atoms with Crippen LogP contribution in [-0.4, -0.2) is 60.6 Å². The highest BCUT2D eigenvalue weighted by atomic mass is 28.4. The lowest BCUT2D eigenvalue weighted by Gasteiger charge is -2.48. The van der Waals surface area contributed by atoms with E-state index in [1.54, 1.807) is 18.5 Å². The van der Waals surface area contributed by atoms with Gasteiger partial charge in [0, 0.05) is 36.5 Å². The fourth-order valence-corrected chi connectivity index (χ4v) is 6.80. The van der Waals surface area contributed by atoms with E-state index >= 15 is 0 Å². The second-order valence-electron chi connectivity index (χ2n) is 13.2. The summed E-state index contributed by atoms with van der Waals surface area (Å²) in [6.07, 6.45) is 3.03. The maximum atomic E-state index is 13.3. The van der Waals surface area contributed by atoms with Gasteiger partial charge in [0.05, 0.1) is 29.7 Å². The number of hydrogen-bond donors (Lipinski definition) is 3. The number of nitrogens with one attached hydrogen (secondary N) is 2. The summed E-state index contributed by atoms with van der Waals surface area (Å²) >= 11 is 0. The summed E-state index contributed by atoms with van der Waals surface area (Å²) in [4.78, 5) is 35.9. The number of rotatable bonds is 7.